The molecule has 0 atom stereocenters. The molecule has 0 saturated heterocycles. The second kappa shape index (κ2) is 9.98. The summed E-state index contributed by atoms with van der Waals surface area (Å²) in [5.41, 5.74) is 5.17. The van der Waals surface area contributed by atoms with E-state index in [1.807, 2.05) is 42.1 Å². The zero-order valence-electron chi connectivity index (χ0n) is 17.3. The molecule has 0 aliphatic carbocycles. The van der Waals surface area contributed by atoms with Crippen LogP contribution < -0.4 is 0 Å². The van der Waals surface area contributed by atoms with Crippen LogP contribution in [0.1, 0.15) is 16.7 Å². The van der Waals surface area contributed by atoms with E-state index in [1.165, 1.54) is 5.56 Å². The van der Waals surface area contributed by atoms with E-state index in [-0.39, 0.29) is 0 Å². The number of aromatic nitrogens is 2. The predicted molar refractivity (Wildman–Crippen MR) is 130 cm³/mol. The Morgan fingerprint density at radius 1 is 1.00 bits per heavy atom. The third kappa shape index (κ3) is 5.46. The average Bonchev–Trinajstić information content (AvgIpc) is 3.10. The van der Waals surface area contributed by atoms with E-state index in [0.717, 1.165) is 36.8 Å². The predicted octanol–water partition coefficient (Wildman–Crippen LogP) is 6.86. The Balaban J connectivity index is 1.62. The molecule has 31 heavy (non-hydrogen) atoms. The molecule has 0 unspecified atom stereocenters. The van der Waals surface area contributed by atoms with E-state index in [0.29, 0.717) is 6.61 Å². The average molecular weight is 492 g/mol. The third-order valence-corrected chi connectivity index (χ3v) is 6.43. The maximum Gasteiger partial charge on any atom is 0.142 e. The zero-order valence-corrected chi connectivity index (χ0v) is 19.7. The molecule has 0 fully saturated rings. The maximum atomic E-state index is 5.60. The SMILES string of the molecule is Cc1ccc(CO/N=C\c2c(-c3ccccc3)nn(C)c2Sc2ccc(Br)cc2)cc1. The minimum absolute atomic E-state index is 0.424. The highest BCUT2D eigenvalue weighted by molar-refractivity contribution is 9.10. The van der Waals surface area contributed by atoms with Gasteiger partial charge in [0.25, 0.3) is 0 Å². The molecule has 0 radical (unpaired) electrons. The second-order valence-electron chi connectivity index (χ2n) is 7.11. The molecule has 3 aromatic carbocycles. The molecule has 156 valence electrons. The van der Waals surface area contributed by atoms with Crippen LogP contribution in [0.5, 0.6) is 0 Å². The summed E-state index contributed by atoms with van der Waals surface area (Å²) in [6.45, 7) is 2.49. The van der Waals surface area contributed by atoms with Crippen LogP contribution in [0.15, 0.2) is 98.4 Å². The summed E-state index contributed by atoms with van der Waals surface area (Å²) in [6.07, 6.45) is 1.77. The molecular formula is C25H22BrN3OS. The third-order valence-electron chi connectivity index (χ3n) is 4.71. The molecule has 0 saturated carbocycles. The minimum atomic E-state index is 0.424. The molecule has 0 bridgehead atoms. The molecule has 0 spiro atoms. The minimum Gasteiger partial charge on any atom is -0.391 e. The molecule has 0 aliphatic heterocycles. The Bertz CT molecular complexity index is 1170. The highest BCUT2D eigenvalue weighted by atomic mass is 79.9. The number of aryl methyl sites for hydroxylation is 2. The number of oxime groups is 1. The number of hydrogen-bond acceptors (Lipinski definition) is 4. The van der Waals surface area contributed by atoms with Gasteiger partial charge in [0.15, 0.2) is 0 Å². The van der Waals surface area contributed by atoms with Crippen molar-refractivity contribution in [3.63, 3.8) is 0 Å². The number of rotatable bonds is 7. The maximum absolute atomic E-state index is 5.60. The van der Waals surface area contributed by atoms with Crippen molar-refractivity contribution in [2.75, 3.05) is 0 Å². The fourth-order valence-electron chi connectivity index (χ4n) is 3.07. The van der Waals surface area contributed by atoms with Crippen LogP contribution in [0.2, 0.25) is 0 Å². The Hall–Kier alpha value is -2.83. The van der Waals surface area contributed by atoms with E-state index < -0.39 is 0 Å². The quantitative estimate of drug-likeness (QED) is 0.209. The topological polar surface area (TPSA) is 39.4 Å². The van der Waals surface area contributed by atoms with Gasteiger partial charge in [0.1, 0.15) is 17.3 Å². The van der Waals surface area contributed by atoms with E-state index in [1.54, 1.807) is 18.0 Å². The molecule has 0 N–H and O–H groups in total. The van der Waals surface area contributed by atoms with Crippen molar-refractivity contribution < 1.29 is 4.84 Å². The number of nitrogens with zero attached hydrogens (tertiary/aromatic N) is 3. The van der Waals surface area contributed by atoms with E-state index in [2.05, 4.69) is 76.5 Å². The first kappa shape index (κ1) is 21.4. The lowest BCUT2D eigenvalue weighted by Crippen LogP contribution is -1.94. The largest absolute Gasteiger partial charge is 0.391 e. The normalized spacial score (nSPS) is 11.2. The first-order chi connectivity index (χ1) is 15.1. The molecule has 0 amide bonds. The van der Waals surface area contributed by atoms with Gasteiger partial charge in [-0.05, 0) is 36.8 Å². The van der Waals surface area contributed by atoms with E-state index >= 15 is 0 Å². The molecule has 4 aromatic rings. The van der Waals surface area contributed by atoms with Gasteiger partial charge in [0.05, 0.1) is 11.8 Å². The molecule has 0 aliphatic rings. The van der Waals surface area contributed by atoms with Crippen molar-refractivity contribution in [3.05, 3.63) is 100 Å². The van der Waals surface area contributed by atoms with Crippen LogP contribution in [-0.2, 0) is 18.5 Å². The number of benzene rings is 3. The Morgan fingerprint density at radius 3 is 2.42 bits per heavy atom. The van der Waals surface area contributed by atoms with Crippen molar-refractivity contribution in [2.24, 2.45) is 12.2 Å². The van der Waals surface area contributed by atoms with E-state index in [4.69, 9.17) is 9.94 Å². The van der Waals surface area contributed by atoms with Crippen LogP contribution in [0.4, 0.5) is 0 Å². The van der Waals surface area contributed by atoms with E-state index in [9.17, 15) is 0 Å². The van der Waals surface area contributed by atoms with Crippen molar-refractivity contribution in [2.45, 2.75) is 23.5 Å². The van der Waals surface area contributed by atoms with Crippen LogP contribution in [0.3, 0.4) is 0 Å². The lowest BCUT2D eigenvalue weighted by atomic mass is 10.1. The summed E-state index contributed by atoms with van der Waals surface area (Å²) < 4.78 is 2.95. The lowest BCUT2D eigenvalue weighted by Gasteiger charge is -2.05. The van der Waals surface area contributed by atoms with Gasteiger partial charge in [0, 0.05) is 22.0 Å². The highest BCUT2D eigenvalue weighted by Crippen LogP contribution is 2.35. The molecular weight excluding hydrogens is 470 g/mol. The summed E-state index contributed by atoms with van der Waals surface area (Å²) in [6, 6.07) is 26.6. The van der Waals surface area contributed by atoms with Gasteiger partial charge in [-0.1, -0.05) is 93.0 Å². The van der Waals surface area contributed by atoms with Gasteiger partial charge in [-0.2, -0.15) is 5.10 Å². The van der Waals surface area contributed by atoms with Gasteiger partial charge >= 0.3 is 0 Å². The van der Waals surface area contributed by atoms with Crippen molar-refractivity contribution in [1.29, 1.82) is 0 Å². The lowest BCUT2D eigenvalue weighted by molar-refractivity contribution is 0.132. The molecule has 1 heterocycles. The summed E-state index contributed by atoms with van der Waals surface area (Å²) in [5, 5.41) is 10.1. The van der Waals surface area contributed by atoms with Crippen LogP contribution >= 0.6 is 27.7 Å². The second-order valence-corrected chi connectivity index (χ2v) is 9.08. The van der Waals surface area contributed by atoms with Gasteiger partial charge in [-0.3, -0.25) is 4.68 Å². The smallest absolute Gasteiger partial charge is 0.142 e. The first-order valence-corrected chi connectivity index (χ1v) is 11.5. The van der Waals surface area contributed by atoms with Crippen molar-refractivity contribution in [3.8, 4) is 11.3 Å². The summed E-state index contributed by atoms with van der Waals surface area (Å²) in [4.78, 5) is 6.73. The molecule has 4 nitrogen and oxygen atoms in total. The highest BCUT2D eigenvalue weighted by Gasteiger charge is 2.17. The monoisotopic (exact) mass is 491 g/mol. The summed E-state index contributed by atoms with van der Waals surface area (Å²) >= 11 is 5.15. The standard InChI is InChI=1S/C25H22BrN3OS/c1-18-8-10-19(11-9-18)17-30-27-16-23-24(20-6-4-3-5-7-20)28-29(2)25(23)31-22-14-12-21(26)13-15-22/h3-16H,17H2,1-2H3/b27-16-. The zero-order chi connectivity index (χ0) is 21.6. The number of halogens is 1. The Labute approximate surface area is 195 Å². The molecule has 6 heteroatoms. The summed E-state index contributed by atoms with van der Waals surface area (Å²) in [5.74, 6) is 0. The fourth-order valence-corrected chi connectivity index (χ4v) is 4.26. The van der Waals surface area contributed by atoms with Gasteiger partial charge < -0.3 is 4.84 Å². The van der Waals surface area contributed by atoms with Crippen LogP contribution in [-0.4, -0.2) is 16.0 Å². The van der Waals surface area contributed by atoms with Crippen molar-refractivity contribution >= 4 is 33.9 Å². The fraction of sp³-hybridized carbons (Fsp3) is 0.120. The van der Waals surface area contributed by atoms with Crippen molar-refractivity contribution in [1.82, 2.24) is 9.78 Å². The first-order valence-electron chi connectivity index (χ1n) is 9.87. The van der Waals surface area contributed by atoms with Gasteiger partial charge in [-0.25, -0.2) is 0 Å². The Kier molecular flexibility index (Phi) is 6.89. The molecule has 1 aromatic heterocycles. The van der Waals surface area contributed by atoms with Gasteiger partial charge in [0.2, 0.25) is 0 Å². The number of hydrogen-bond donors (Lipinski definition) is 0. The van der Waals surface area contributed by atoms with Crippen LogP contribution in [0, 0.1) is 6.92 Å². The molecule has 4 rings (SSSR count). The van der Waals surface area contributed by atoms with Gasteiger partial charge in [-0.15, -0.1) is 0 Å². The summed E-state index contributed by atoms with van der Waals surface area (Å²) in [7, 11) is 1.96. The Morgan fingerprint density at radius 2 is 1.71 bits per heavy atom. The van der Waals surface area contributed by atoms with Crippen LogP contribution in [0.25, 0.3) is 11.3 Å².